The lowest BCUT2D eigenvalue weighted by molar-refractivity contribution is -0.120. The third-order valence-electron chi connectivity index (χ3n) is 3.76. The summed E-state index contributed by atoms with van der Waals surface area (Å²) in [6.45, 7) is 2.58. The van der Waals surface area contributed by atoms with E-state index in [9.17, 15) is 9.59 Å². The van der Waals surface area contributed by atoms with E-state index in [1.54, 1.807) is 15.9 Å². The van der Waals surface area contributed by atoms with Gasteiger partial charge >= 0.3 is 6.03 Å². The number of likely N-dealkylation sites (tertiary alicyclic amines) is 1. The summed E-state index contributed by atoms with van der Waals surface area (Å²) in [6.07, 6.45) is 3.41. The molecule has 2 saturated heterocycles. The molecule has 0 aliphatic carbocycles. The van der Waals surface area contributed by atoms with Gasteiger partial charge in [-0.2, -0.15) is 0 Å². The van der Waals surface area contributed by atoms with Gasteiger partial charge < -0.3 is 9.80 Å². The van der Waals surface area contributed by atoms with Crippen LogP contribution >= 0.6 is 11.6 Å². The maximum Gasteiger partial charge on any atom is 0.320 e. The minimum atomic E-state index is -0.149. The van der Waals surface area contributed by atoms with E-state index in [0.29, 0.717) is 24.1 Å². The van der Waals surface area contributed by atoms with Gasteiger partial charge in [-0.15, -0.1) is 0 Å². The lowest BCUT2D eigenvalue weighted by atomic mass is 10.3. The summed E-state index contributed by atoms with van der Waals surface area (Å²) in [5.74, 6) is 0.330. The van der Waals surface area contributed by atoms with Gasteiger partial charge in [0.2, 0.25) is 5.91 Å². The molecule has 0 N–H and O–H groups in total. The predicted octanol–water partition coefficient (Wildman–Crippen LogP) is 0.994. The number of carbonyl (C=O) groups excluding carboxylic acids is 2. The molecule has 2 fully saturated rings. The number of rotatable bonds is 1. The van der Waals surface area contributed by atoms with E-state index in [4.69, 9.17) is 11.6 Å². The summed E-state index contributed by atoms with van der Waals surface area (Å²) in [7, 11) is 0. The Morgan fingerprint density at radius 1 is 1.10 bits per heavy atom. The molecular weight excluding hydrogens is 294 g/mol. The first-order valence-electron chi connectivity index (χ1n) is 6.97. The Kier molecular flexibility index (Phi) is 3.92. The standard InChI is InChI=1S/C13H16ClN5O2/c14-10-7-11(16-9-15-10)19-6-5-18(8-12(19)20)13(21)17-3-1-2-4-17/h7,9H,1-6,8H2. The van der Waals surface area contributed by atoms with Crippen molar-refractivity contribution in [3.8, 4) is 0 Å². The molecule has 112 valence electrons. The van der Waals surface area contributed by atoms with E-state index >= 15 is 0 Å². The SMILES string of the molecule is O=C(N1CCCC1)N1CCN(c2cc(Cl)ncn2)C(=O)C1. The largest absolute Gasteiger partial charge is 0.325 e. The molecule has 0 bridgehead atoms. The second-order valence-electron chi connectivity index (χ2n) is 5.14. The van der Waals surface area contributed by atoms with Crippen LogP contribution in [-0.4, -0.2) is 64.4 Å². The van der Waals surface area contributed by atoms with Crippen LogP contribution in [0.4, 0.5) is 10.6 Å². The second-order valence-corrected chi connectivity index (χ2v) is 5.53. The topological polar surface area (TPSA) is 69.6 Å². The average molecular weight is 310 g/mol. The number of halogens is 1. The lowest BCUT2D eigenvalue weighted by Gasteiger charge is -2.35. The molecule has 1 aromatic rings. The molecule has 8 heteroatoms. The van der Waals surface area contributed by atoms with E-state index in [0.717, 1.165) is 25.9 Å². The number of urea groups is 1. The van der Waals surface area contributed by atoms with Crippen LogP contribution < -0.4 is 4.90 Å². The van der Waals surface area contributed by atoms with Crippen molar-refractivity contribution in [2.24, 2.45) is 0 Å². The van der Waals surface area contributed by atoms with Crippen molar-refractivity contribution >= 4 is 29.4 Å². The van der Waals surface area contributed by atoms with E-state index in [1.807, 2.05) is 4.90 Å². The van der Waals surface area contributed by atoms with Crippen LogP contribution in [0.3, 0.4) is 0 Å². The number of hydrogen-bond donors (Lipinski definition) is 0. The number of nitrogens with zero attached hydrogens (tertiary/aromatic N) is 5. The van der Waals surface area contributed by atoms with Gasteiger partial charge in [-0.05, 0) is 12.8 Å². The summed E-state index contributed by atoms with van der Waals surface area (Å²) in [5.41, 5.74) is 0. The first kappa shape index (κ1) is 14.1. The first-order valence-corrected chi connectivity index (χ1v) is 7.35. The van der Waals surface area contributed by atoms with Crippen LogP contribution in [0.2, 0.25) is 5.15 Å². The molecule has 0 aromatic carbocycles. The van der Waals surface area contributed by atoms with Gasteiger partial charge in [0.15, 0.2) is 0 Å². The molecule has 0 radical (unpaired) electrons. The number of hydrogen-bond acceptors (Lipinski definition) is 4. The van der Waals surface area contributed by atoms with Crippen molar-refractivity contribution in [1.29, 1.82) is 0 Å². The van der Waals surface area contributed by atoms with Gasteiger partial charge in [-0.3, -0.25) is 9.69 Å². The highest BCUT2D eigenvalue weighted by Gasteiger charge is 2.31. The number of amides is 3. The zero-order chi connectivity index (χ0) is 14.8. The maximum absolute atomic E-state index is 12.3. The maximum atomic E-state index is 12.3. The average Bonchev–Trinajstić information content (AvgIpc) is 3.00. The molecule has 3 heterocycles. The summed E-state index contributed by atoms with van der Waals surface area (Å²) in [5, 5.41) is 0.295. The third kappa shape index (κ3) is 2.92. The van der Waals surface area contributed by atoms with Crippen LogP contribution in [0, 0.1) is 0 Å². The fourth-order valence-corrected chi connectivity index (χ4v) is 2.80. The van der Waals surface area contributed by atoms with Gasteiger partial charge in [0.05, 0.1) is 0 Å². The molecule has 2 aliphatic rings. The van der Waals surface area contributed by atoms with Crippen LogP contribution in [-0.2, 0) is 4.79 Å². The molecule has 0 spiro atoms. The van der Waals surface area contributed by atoms with Crippen LogP contribution in [0.25, 0.3) is 0 Å². The molecular formula is C13H16ClN5O2. The van der Waals surface area contributed by atoms with E-state index in [2.05, 4.69) is 9.97 Å². The Hall–Kier alpha value is -1.89. The fourth-order valence-electron chi connectivity index (χ4n) is 2.66. The van der Waals surface area contributed by atoms with Gasteiger partial charge in [0.25, 0.3) is 0 Å². The summed E-state index contributed by atoms with van der Waals surface area (Å²) < 4.78 is 0. The highest BCUT2D eigenvalue weighted by molar-refractivity contribution is 6.29. The lowest BCUT2D eigenvalue weighted by Crippen LogP contribution is -2.55. The Morgan fingerprint density at radius 2 is 1.86 bits per heavy atom. The monoisotopic (exact) mass is 309 g/mol. The molecule has 3 rings (SSSR count). The van der Waals surface area contributed by atoms with Crippen LogP contribution in [0.15, 0.2) is 12.4 Å². The summed E-state index contributed by atoms with van der Waals surface area (Å²) in [6, 6.07) is 1.51. The van der Waals surface area contributed by atoms with E-state index < -0.39 is 0 Å². The zero-order valence-electron chi connectivity index (χ0n) is 11.5. The normalized spacial score (nSPS) is 19.3. The number of carbonyl (C=O) groups is 2. The highest BCUT2D eigenvalue weighted by atomic mass is 35.5. The van der Waals surface area contributed by atoms with Crippen molar-refractivity contribution in [3.63, 3.8) is 0 Å². The number of piperazine rings is 1. The molecule has 0 saturated carbocycles. The molecule has 0 unspecified atom stereocenters. The second kappa shape index (κ2) is 5.85. The Labute approximate surface area is 127 Å². The Bertz CT molecular complexity index is 561. The minimum Gasteiger partial charge on any atom is -0.325 e. The van der Waals surface area contributed by atoms with Gasteiger partial charge in [-0.25, -0.2) is 14.8 Å². The Balaban J connectivity index is 1.66. The van der Waals surface area contributed by atoms with Gasteiger partial charge in [0, 0.05) is 32.2 Å². The van der Waals surface area contributed by atoms with E-state index in [1.165, 1.54) is 6.33 Å². The van der Waals surface area contributed by atoms with Crippen LogP contribution in [0.1, 0.15) is 12.8 Å². The summed E-state index contributed by atoms with van der Waals surface area (Å²) in [4.78, 5) is 37.3. The smallest absolute Gasteiger partial charge is 0.320 e. The summed E-state index contributed by atoms with van der Waals surface area (Å²) >= 11 is 5.82. The molecule has 21 heavy (non-hydrogen) atoms. The fraction of sp³-hybridized carbons (Fsp3) is 0.538. The van der Waals surface area contributed by atoms with Crippen molar-refractivity contribution in [3.05, 3.63) is 17.5 Å². The minimum absolute atomic E-state index is 0.0405. The van der Waals surface area contributed by atoms with E-state index in [-0.39, 0.29) is 18.5 Å². The van der Waals surface area contributed by atoms with Crippen LogP contribution in [0.5, 0.6) is 0 Å². The first-order chi connectivity index (χ1) is 10.1. The predicted molar refractivity (Wildman–Crippen MR) is 77.2 cm³/mol. The molecule has 0 atom stereocenters. The number of anilines is 1. The highest BCUT2D eigenvalue weighted by Crippen LogP contribution is 2.18. The Morgan fingerprint density at radius 3 is 2.52 bits per heavy atom. The van der Waals surface area contributed by atoms with Gasteiger partial charge in [-0.1, -0.05) is 11.6 Å². The molecule has 1 aromatic heterocycles. The third-order valence-corrected chi connectivity index (χ3v) is 3.97. The van der Waals surface area contributed by atoms with Gasteiger partial charge in [0.1, 0.15) is 23.8 Å². The van der Waals surface area contributed by atoms with Crippen molar-refractivity contribution in [2.45, 2.75) is 12.8 Å². The molecule has 2 aliphatic heterocycles. The van der Waals surface area contributed by atoms with Crippen molar-refractivity contribution < 1.29 is 9.59 Å². The molecule has 7 nitrogen and oxygen atoms in total. The quantitative estimate of drug-likeness (QED) is 0.726. The molecule has 3 amide bonds. The zero-order valence-corrected chi connectivity index (χ0v) is 12.3. The van der Waals surface area contributed by atoms with Crippen molar-refractivity contribution in [2.75, 3.05) is 37.6 Å². The van der Waals surface area contributed by atoms with Crippen molar-refractivity contribution in [1.82, 2.24) is 19.8 Å². The number of aromatic nitrogens is 2.